The lowest BCUT2D eigenvalue weighted by molar-refractivity contribution is 0.515. The highest BCUT2D eigenvalue weighted by Gasteiger charge is 1.98. The molecule has 0 amide bonds. The van der Waals surface area contributed by atoms with Crippen LogP contribution in [-0.4, -0.2) is 0 Å². The Morgan fingerprint density at radius 2 is 1.92 bits per heavy atom. The molecule has 0 heterocycles. The summed E-state index contributed by atoms with van der Waals surface area (Å²) in [6.45, 7) is 6.19. The summed E-state index contributed by atoms with van der Waals surface area (Å²) in [5, 5.41) is 0. The highest BCUT2D eigenvalue weighted by atomic mass is 14.0. The van der Waals surface area contributed by atoms with Crippen LogP contribution in [0.25, 0.3) is 0 Å². The first-order valence-corrected chi connectivity index (χ1v) is 5.16. The predicted octanol–water partition coefficient (Wildman–Crippen LogP) is 3.87. The number of hydrogen-bond donors (Lipinski definition) is 0. The first kappa shape index (κ1) is 10.3. The lowest BCUT2D eigenvalue weighted by atomic mass is 9.99. The Bertz CT molecular complexity index is 213. The molecule has 1 aromatic carbocycles. The van der Waals surface area contributed by atoms with Crippen LogP contribution in [0, 0.1) is 12.8 Å². The molecular formula is C13H19. The van der Waals surface area contributed by atoms with E-state index in [4.69, 9.17) is 0 Å². The molecule has 13 heavy (non-hydrogen) atoms. The first-order valence-electron chi connectivity index (χ1n) is 5.16. The summed E-state index contributed by atoms with van der Waals surface area (Å²) in [7, 11) is 0. The van der Waals surface area contributed by atoms with E-state index in [0.29, 0.717) is 0 Å². The Hall–Kier alpha value is -0.780. The maximum atomic E-state index is 3.91. The fourth-order valence-corrected chi connectivity index (χ4v) is 1.44. The van der Waals surface area contributed by atoms with Crippen LogP contribution in [0.1, 0.15) is 31.7 Å². The van der Waals surface area contributed by atoms with Crippen molar-refractivity contribution in [2.24, 2.45) is 5.92 Å². The van der Waals surface area contributed by atoms with Crippen LogP contribution in [0.3, 0.4) is 0 Å². The standard InChI is InChI=1S/C13H19/c1-3-12(2)8-7-11-13-9-5-4-6-10-13/h4-6,9-10,12H,1,3,7-8,11H2,2H3. The van der Waals surface area contributed by atoms with Gasteiger partial charge in [0.05, 0.1) is 0 Å². The third-order valence-corrected chi connectivity index (χ3v) is 2.50. The van der Waals surface area contributed by atoms with Crippen molar-refractivity contribution in [1.29, 1.82) is 0 Å². The maximum Gasteiger partial charge on any atom is -0.0279 e. The minimum Gasteiger partial charge on any atom is -0.0625 e. The molecule has 71 valence electrons. The molecule has 0 bridgehead atoms. The average molecular weight is 175 g/mol. The topological polar surface area (TPSA) is 0 Å². The van der Waals surface area contributed by atoms with E-state index in [-0.39, 0.29) is 0 Å². The second-order valence-electron chi connectivity index (χ2n) is 3.77. The lowest BCUT2D eigenvalue weighted by Crippen LogP contribution is -1.93. The van der Waals surface area contributed by atoms with Crippen LogP contribution in [0.15, 0.2) is 30.3 Å². The van der Waals surface area contributed by atoms with Gasteiger partial charge >= 0.3 is 0 Å². The fraction of sp³-hybridized carbons (Fsp3) is 0.462. The van der Waals surface area contributed by atoms with E-state index in [2.05, 4.69) is 44.2 Å². The highest BCUT2D eigenvalue weighted by Crippen LogP contribution is 2.12. The van der Waals surface area contributed by atoms with Crippen LogP contribution in [-0.2, 0) is 6.42 Å². The molecule has 0 heteroatoms. The van der Waals surface area contributed by atoms with Gasteiger partial charge in [-0.05, 0) is 24.3 Å². The number of benzene rings is 1. The maximum absolute atomic E-state index is 3.91. The fourth-order valence-electron chi connectivity index (χ4n) is 1.44. The summed E-state index contributed by atoms with van der Waals surface area (Å²) in [5.74, 6) is 0.781. The quantitative estimate of drug-likeness (QED) is 0.637. The van der Waals surface area contributed by atoms with Gasteiger partial charge in [-0.15, -0.1) is 0 Å². The van der Waals surface area contributed by atoms with Gasteiger partial charge in [0.1, 0.15) is 0 Å². The Morgan fingerprint density at radius 1 is 1.23 bits per heavy atom. The first-order chi connectivity index (χ1) is 6.33. The molecule has 0 aliphatic rings. The molecule has 0 saturated carbocycles. The minimum absolute atomic E-state index is 0.781. The molecule has 0 saturated heterocycles. The predicted molar refractivity (Wildman–Crippen MR) is 58.5 cm³/mol. The van der Waals surface area contributed by atoms with Gasteiger partial charge in [-0.2, -0.15) is 0 Å². The summed E-state index contributed by atoms with van der Waals surface area (Å²) in [6, 6.07) is 10.7. The van der Waals surface area contributed by atoms with Gasteiger partial charge in [-0.25, -0.2) is 0 Å². The number of aryl methyl sites for hydroxylation is 1. The molecular weight excluding hydrogens is 156 g/mol. The molecule has 0 spiro atoms. The lowest BCUT2D eigenvalue weighted by Gasteiger charge is -2.07. The molecule has 1 rings (SSSR count). The Kier molecular flexibility index (Phi) is 4.59. The Labute approximate surface area is 82.0 Å². The van der Waals surface area contributed by atoms with Gasteiger partial charge in [0.15, 0.2) is 0 Å². The van der Waals surface area contributed by atoms with Gasteiger partial charge in [0.2, 0.25) is 0 Å². The minimum atomic E-state index is 0.781. The van der Waals surface area contributed by atoms with Crippen LogP contribution in [0.5, 0.6) is 0 Å². The van der Waals surface area contributed by atoms with Crippen molar-refractivity contribution in [3.63, 3.8) is 0 Å². The number of rotatable bonds is 5. The van der Waals surface area contributed by atoms with Gasteiger partial charge in [-0.3, -0.25) is 0 Å². The molecule has 0 N–H and O–H groups in total. The van der Waals surface area contributed by atoms with Crippen molar-refractivity contribution in [1.82, 2.24) is 0 Å². The molecule has 1 radical (unpaired) electrons. The van der Waals surface area contributed by atoms with Crippen molar-refractivity contribution in [2.45, 2.75) is 32.6 Å². The summed E-state index contributed by atoms with van der Waals surface area (Å²) < 4.78 is 0. The van der Waals surface area contributed by atoms with E-state index in [0.717, 1.165) is 12.3 Å². The van der Waals surface area contributed by atoms with Gasteiger partial charge in [-0.1, -0.05) is 57.0 Å². The van der Waals surface area contributed by atoms with Crippen molar-refractivity contribution in [3.8, 4) is 0 Å². The van der Waals surface area contributed by atoms with Crippen LogP contribution < -0.4 is 0 Å². The second-order valence-corrected chi connectivity index (χ2v) is 3.77. The van der Waals surface area contributed by atoms with E-state index in [1.807, 2.05) is 0 Å². The van der Waals surface area contributed by atoms with E-state index in [9.17, 15) is 0 Å². The summed E-state index contributed by atoms with van der Waals surface area (Å²) in [5.41, 5.74) is 1.46. The largest absolute Gasteiger partial charge is 0.0625 e. The van der Waals surface area contributed by atoms with E-state index >= 15 is 0 Å². The summed E-state index contributed by atoms with van der Waals surface area (Å²) in [4.78, 5) is 0. The molecule has 0 fully saturated rings. The summed E-state index contributed by atoms with van der Waals surface area (Å²) in [6.07, 6.45) is 4.87. The molecule has 1 unspecified atom stereocenters. The third kappa shape index (κ3) is 4.12. The molecule has 1 atom stereocenters. The van der Waals surface area contributed by atoms with E-state index in [1.54, 1.807) is 0 Å². The van der Waals surface area contributed by atoms with Crippen LogP contribution in [0.4, 0.5) is 0 Å². The Balaban J connectivity index is 2.20. The van der Waals surface area contributed by atoms with E-state index < -0.39 is 0 Å². The second kappa shape index (κ2) is 5.80. The molecule has 0 aromatic heterocycles. The normalized spacial score (nSPS) is 12.8. The van der Waals surface area contributed by atoms with Crippen LogP contribution >= 0.6 is 0 Å². The van der Waals surface area contributed by atoms with E-state index in [1.165, 1.54) is 24.8 Å². The zero-order valence-corrected chi connectivity index (χ0v) is 8.50. The highest BCUT2D eigenvalue weighted by molar-refractivity contribution is 5.14. The summed E-state index contributed by atoms with van der Waals surface area (Å²) >= 11 is 0. The molecule has 0 aliphatic carbocycles. The van der Waals surface area contributed by atoms with Crippen molar-refractivity contribution in [2.75, 3.05) is 0 Å². The van der Waals surface area contributed by atoms with Crippen LogP contribution in [0.2, 0.25) is 0 Å². The van der Waals surface area contributed by atoms with Gasteiger partial charge in [0, 0.05) is 0 Å². The molecule has 0 nitrogen and oxygen atoms in total. The van der Waals surface area contributed by atoms with Crippen molar-refractivity contribution >= 4 is 0 Å². The molecule has 1 aromatic rings. The third-order valence-electron chi connectivity index (χ3n) is 2.50. The van der Waals surface area contributed by atoms with Crippen molar-refractivity contribution in [3.05, 3.63) is 42.8 Å². The smallest absolute Gasteiger partial charge is 0.0279 e. The van der Waals surface area contributed by atoms with Gasteiger partial charge < -0.3 is 0 Å². The Morgan fingerprint density at radius 3 is 2.54 bits per heavy atom. The zero-order chi connectivity index (χ0) is 9.52. The number of hydrogen-bond acceptors (Lipinski definition) is 0. The van der Waals surface area contributed by atoms with Gasteiger partial charge in [0.25, 0.3) is 0 Å². The molecule has 0 aliphatic heterocycles. The zero-order valence-electron chi connectivity index (χ0n) is 8.50. The average Bonchev–Trinajstić information content (AvgIpc) is 2.19. The van der Waals surface area contributed by atoms with Crippen molar-refractivity contribution < 1.29 is 0 Å². The SMILES string of the molecule is [CH2]CC(C)CCCc1ccccc1. The monoisotopic (exact) mass is 175 g/mol.